The molecule has 0 aliphatic carbocycles. The summed E-state index contributed by atoms with van der Waals surface area (Å²) in [6.07, 6.45) is 1.75. The first-order chi connectivity index (χ1) is 5.31. The first-order valence-corrected chi connectivity index (χ1v) is 3.90. The zero-order chi connectivity index (χ0) is 8.53. The summed E-state index contributed by atoms with van der Waals surface area (Å²) in [6, 6.07) is 0. The van der Waals surface area contributed by atoms with Crippen molar-refractivity contribution in [1.29, 1.82) is 0 Å². The van der Waals surface area contributed by atoms with Crippen LogP contribution < -0.4 is 0 Å². The minimum atomic E-state index is -0.186. The van der Waals surface area contributed by atoms with E-state index in [0.29, 0.717) is 6.61 Å². The molecule has 11 heavy (non-hydrogen) atoms. The smallest absolute Gasteiger partial charge is 0.0774 e. The number of hydrogen-bond donors (Lipinski definition) is 1. The Morgan fingerprint density at radius 1 is 1.36 bits per heavy atom. The van der Waals surface area contributed by atoms with Crippen molar-refractivity contribution in [3.63, 3.8) is 0 Å². The summed E-state index contributed by atoms with van der Waals surface area (Å²) >= 11 is 0. The van der Waals surface area contributed by atoms with Gasteiger partial charge in [0.2, 0.25) is 0 Å². The molecular formula is C9H16O2. The Hall–Kier alpha value is -0.520. The molecule has 1 heterocycles. The van der Waals surface area contributed by atoms with Gasteiger partial charge in [0.1, 0.15) is 0 Å². The highest BCUT2D eigenvalue weighted by Crippen LogP contribution is 2.03. The van der Waals surface area contributed by atoms with Crippen LogP contribution in [0.15, 0.2) is 0 Å². The molecule has 0 aromatic rings. The quantitative estimate of drug-likeness (QED) is 0.534. The highest BCUT2D eigenvalue weighted by molar-refractivity contribution is 4.89. The first-order valence-electron chi connectivity index (χ1n) is 3.90. The van der Waals surface area contributed by atoms with E-state index >= 15 is 0 Å². The molecule has 1 atom stereocenters. The lowest BCUT2D eigenvalue weighted by Crippen LogP contribution is -2.21. The van der Waals surface area contributed by atoms with Crippen LogP contribution in [0.1, 0.15) is 26.7 Å². The Morgan fingerprint density at radius 2 is 2.00 bits per heavy atom. The van der Waals surface area contributed by atoms with Crippen molar-refractivity contribution < 1.29 is 9.84 Å². The summed E-state index contributed by atoms with van der Waals surface area (Å²) in [6.45, 7) is 5.01. The van der Waals surface area contributed by atoms with Crippen molar-refractivity contribution in [1.82, 2.24) is 0 Å². The van der Waals surface area contributed by atoms with Crippen LogP contribution >= 0.6 is 0 Å². The van der Waals surface area contributed by atoms with Gasteiger partial charge in [-0.3, -0.25) is 0 Å². The summed E-state index contributed by atoms with van der Waals surface area (Å²) in [5.41, 5.74) is 0. The number of rotatable bonds is 0. The summed E-state index contributed by atoms with van der Waals surface area (Å²) in [4.78, 5) is 0. The van der Waals surface area contributed by atoms with Gasteiger partial charge in [-0.25, -0.2) is 0 Å². The van der Waals surface area contributed by atoms with Crippen molar-refractivity contribution >= 4 is 0 Å². The third kappa shape index (κ3) is 7.38. The standard InChI is InChI=1S/C5H10O2.C4H6/c6-5-2-1-3-7-4-5;1-3-4-2/h5-6H,1-4H2;1-2H3. The third-order valence-corrected chi connectivity index (χ3v) is 1.39. The fourth-order valence-corrected chi connectivity index (χ4v) is 0.724. The van der Waals surface area contributed by atoms with Gasteiger partial charge in [-0.05, 0) is 26.7 Å². The van der Waals surface area contributed by atoms with Gasteiger partial charge in [-0.15, -0.1) is 11.8 Å². The molecule has 0 spiro atoms. The SMILES string of the molecule is CC#CC.OC1CCCOC1. The van der Waals surface area contributed by atoms with Crippen LogP contribution in [0.2, 0.25) is 0 Å². The van der Waals surface area contributed by atoms with Gasteiger partial charge in [0, 0.05) is 6.61 Å². The predicted molar refractivity (Wildman–Crippen MR) is 45.2 cm³/mol. The lowest BCUT2D eigenvalue weighted by Gasteiger charge is -2.15. The van der Waals surface area contributed by atoms with Gasteiger partial charge in [0.05, 0.1) is 12.7 Å². The Labute approximate surface area is 68.6 Å². The van der Waals surface area contributed by atoms with E-state index in [9.17, 15) is 0 Å². The summed E-state index contributed by atoms with van der Waals surface area (Å²) < 4.78 is 4.93. The second-order valence-corrected chi connectivity index (χ2v) is 2.37. The summed E-state index contributed by atoms with van der Waals surface area (Å²) in [5, 5.41) is 8.78. The molecule has 0 amide bonds. The molecule has 1 rings (SSSR count). The van der Waals surface area contributed by atoms with E-state index in [1.807, 2.05) is 13.8 Å². The number of aliphatic hydroxyl groups is 1. The van der Waals surface area contributed by atoms with Crippen LogP contribution in [0.3, 0.4) is 0 Å². The molecule has 1 aliphatic rings. The minimum absolute atomic E-state index is 0.186. The van der Waals surface area contributed by atoms with Crippen molar-refractivity contribution in [2.45, 2.75) is 32.8 Å². The van der Waals surface area contributed by atoms with Gasteiger partial charge < -0.3 is 9.84 Å². The van der Waals surface area contributed by atoms with Crippen molar-refractivity contribution in [3.05, 3.63) is 0 Å². The Kier molecular flexibility index (Phi) is 7.23. The molecule has 2 nitrogen and oxygen atoms in total. The zero-order valence-corrected chi connectivity index (χ0v) is 7.26. The van der Waals surface area contributed by atoms with Crippen molar-refractivity contribution in [2.24, 2.45) is 0 Å². The fraction of sp³-hybridized carbons (Fsp3) is 0.778. The molecule has 0 bridgehead atoms. The third-order valence-electron chi connectivity index (χ3n) is 1.39. The molecule has 1 N–H and O–H groups in total. The zero-order valence-electron chi connectivity index (χ0n) is 7.26. The van der Waals surface area contributed by atoms with Gasteiger partial charge in [-0.1, -0.05) is 0 Å². The lowest BCUT2D eigenvalue weighted by atomic mass is 10.2. The fourth-order valence-electron chi connectivity index (χ4n) is 0.724. The van der Waals surface area contributed by atoms with Crippen LogP contribution in [-0.4, -0.2) is 24.4 Å². The van der Waals surface area contributed by atoms with Crippen LogP contribution in [0, 0.1) is 11.8 Å². The van der Waals surface area contributed by atoms with Crippen LogP contribution in [-0.2, 0) is 4.74 Å². The van der Waals surface area contributed by atoms with E-state index in [0.717, 1.165) is 19.4 Å². The highest BCUT2D eigenvalue weighted by Gasteiger charge is 2.07. The molecule has 0 aromatic heterocycles. The average Bonchev–Trinajstić information content (AvgIpc) is 2.07. The van der Waals surface area contributed by atoms with E-state index in [2.05, 4.69) is 11.8 Å². The van der Waals surface area contributed by atoms with Crippen molar-refractivity contribution in [2.75, 3.05) is 13.2 Å². The first kappa shape index (κ1) is 10.5. The predicted octanol–water partition coefficient (Wildman–Crippen LogP) is 1.19. The second kappa shape index (κ2) is 7.59. The second-order valence-electron chi connectivity index (χ2n) is 2.37. The minimum Gasteiger partial charge on any atom is -0.391 e. The summed E-state index contributed by atoms with van der Waals surface area (Å²) in [7, 11) is 0. The molecule has 0 radical (unpaired) electrons. The number of ether oxygens (including phenoxy) is 1. The lowest BCUT2D eigenvalue weighted by molar-refractivity contribution is -0.00535. The average molecular weight is 156 g/mol. The monoisotopic (exact) mass is 156 g/mol. The van der Waals surface area contributed by atoms with E-state index < -0.39 is 0 Å². The Bertz CT molecular complexity index is 120. The molecule has 0 saturated carbocycles. The largest absolute Gasteiger partial charge is 0.391 e. The van der Waals surface area contributed by atoms with Gasteiger partial charge in [0.25, 0.3) is 0 Å². The molecule has 1 unspecified atom stereocenters. The Balaban J connectivity index is 0.000000218. The molecule has 2 heteroatoms. The normalized spacial score (nSPS) is 22.3. The van der Waals surface area contributed by atoms with Crippen LogP contribution in [0.25, 0.3) is 0 Å². The maximum absolute atomic E-state index is 8.78. The van der Waals surface area contributed by atoms with Crippen LogP contribution in [0.4, 0.5) is 0 Å². The van der Waals surface area contributed by atoms with Gasteiger partial charge in [0.15, 0.2) is 0 Å². The molecule has 0 aromatic carbocycles. The molecule has 1 aliphatic heterocycles. The van der Waals surface area contributed by atoms with Gasteiger partial charge in [-0.2, -0.15) is 0 Å². The Morgan fingerprint density at radius 3 is 2.18 bits per heavy atom. The molecule has 1 saturated heterocycles. The van der Waals surface area contributed by atoms with Crippen LogP contribution in [0.5, 0.6) is 0 Å². The van der Waals surface area contributed by atoms with E-state index in [1.54, 1.807) is 0 Å². The topological polar surface area (TPSA) is 29.5 Å². The van der Waals surface area contributed by atoms with Gasteiger partial charge >= 0.3 is 0 Å². The molecule has 64 valence electrons. The van der Waals surface area contributed by atoms with E-state index in [4.69, 9.17) is 9.84 Å². The number of hydrogen-bond acceptors (Lipinski definition) is 2. The maximum atomic E-state index is 8.78. The molecular weight excluding hydrogens is 140 g/mol. The van der Waals surface area contributed by atoms with E-state index in [-0.39, 0.29) is 6.10 Å². The highest BCUT2D eigenvalue weighted by atomic mass is 16.5. The van der Waals surface area contributed by atoms with Crippen molar-refractivity contribution in [3.8, 4) is 11.8 Å². The van der Waals surface area contributed by atoms with E-state index in [1.165, 1.54) is 0 Å². The molecule has 1 fully saturated rings. The number of aliphatic hydroxyl groups excluding tert-OH is 1. The maximum Gasteiger partial charge on any atom is 0.0774 e. The summed E-state index contributed by atoms with van der Waals surface area (Å²) in [5.74, 6) is 5.36.